The maximum Gasteiger partial charge on any atom is 0.237 e. The van der Waals surface area contributed by atoms with Crippen LogP contribution in [-0.2, 0) is 4.79 Å². The molecule has 2 heterocycles. The van der Waals surface area contributed by atoms with Crippen molar-refractivity contribution in [3.05, 3.63) is 30.1 Å². The smallest absolute Gasteiger partial charge is 0.237 e. The molecule has 1 aromatic rings. The van der Waals surface area contributed by atoms with Crippen molar-refractivity contribution in [1.82, 2.24) is 15.6 Å². The number of pyridine rings is 1. The van der Waals surface area contributed by atoms with E-state index < -0.39 is 0 Å². The van der Waals surface area contributed by atoms with Gasteiger partial charge in [-0.1, -0.05) is 6.07 Å². The number of hydrogen-bond acceptors (Lipinski definition) is 3. The minimum absolute atomic E-state index is 0. The zero-order valence-electron chi connectivity index (χ0n) is 9.85. The Balaban J connectivity index is 0.00000144. The summed E-state index contributed by atoms with van der Waals surface area (Å²) in [6.07, 6.45) is 5.54. The van der Waals surface area contributed by atoms with Crippen molar-refractivity contribution in [1.29, 1.82) is 0 Å². The van der Waals surface area contributed by atoms with Crippen molar-refractivity contribution < 1.29 is 4.79 Å². The molecule has 2 N–H and O–H groups in total. The number of halogens is 1. The Morgan fingerprint density at radius 1 is 1.65 bits per heavy atom. The van der Waals surface area contributed by atoms with Crippen LogP contribution in [0.5, 0.6) is 0 Å². The van der Waals surface area contributed by atoms with Gasteiger partial charge in [0.15, 0.2) is 0 Å². The Morgan fingerprint density at radius 2 is 2.47 bits per heavy atom. The lowest BCUT2D eigenvalue weighted by molar-refractivity contribution is -0.123. The van der Waals surface area contributed by atoms with E-state index in [2.05, 4.69) is 15.6 Å². The third-order valence-electron chi connectivity index (χ3n) is 2.92. The number of amides is 1. The van der Waals surface area contributed by atoms with Crippen LogP contribution in [0.15, 0.2) is 24.5 Å². The van der Waals surface area contributed by atoms with Crippen LogP contribution >= 0.6 is 12.4 Å². The molecule has 1 unspecified atom stereocenters. The average Bonchev–Trinajstić information content (AvgIpc) is 2.83. The van der Waals surface area contributed by atoms with Gasteiger partial charge in [0.1, 0.15) is 0 Å². The van der Waals surface area contributed by atoms with Crippen LogP contribution in [0.1, 0.15) is 31.4 Å². The van der Waals surface area contributed by atoms with E-state index in [0.29, 0.717) is 0 Å². The molecular formula is C12H18ClN3O. The highest BCUT2D eigenvalue weighted by molar-refractivity contribution is 5.85. The van der Waals surface area contributed by atoms with E-state index in [1.54, 1.807) is 12.4 Å². The van der Waals surface area contributed by atoms with Crippen LogP contribution in [0, 0.1) is 0 Å². The van der Waals surface area contributed by atoms with Crippen LogP contribution in [0.4, 0.5) is 0 Å². The van der Waals surface area contributed by atoms with Crippen molar-refractivity contribution in [2.45, 2.75) is 31.8 Å². The normalized spacial score (nSPS) is 20.4. The van der Waals surface area contributed by atoms with Gasteiger partial charge < -0.3 is 10.6 Å². The number of carbonyl (C=O) groups is 1. The van der Waals surface area contributed by atoms with Crippen molar-refractivity contribution in [2.75, 3.05) is 6.54 Å². The van der Waals surface area contributed by atoms with Crippen LogP contribution in [0.3, 0.4) is 0 Å². The SMILES string of the molecule is CC(NC(=O)[C@@H]1CCCN1)c1cccnc1.Cl. The van der Waals surface area contributed by atoms with E-state index in [1.165, 1.54) is 0 Å². The van der Waals surface area contributed by atoms with Gasteiger partial charge in [-0.05, 0) is 37.9 Å². The van der Waals surface area contributed by atoms with Crippen LogP contribution in [-0.4, -0.2) is 23.5 Å². The van der Waals surface area contributed by atoms with Crippen LogP contribution < -0.4 is 10.6 Å². The average molecular weight is 256 g/mol. The molecule has 1 amide bonds. The number of hydrogen-bond donors (Lipinski definition) is 2. The fourth-order valence-electron chi connectivity index (χ4n) is 1.94. The molecule has 2 atom stereocenters. The van der Waals surface area contributed by atoms with Gasteiger partial charge in [-0.25, -0.2) is 0 Å². The zero-order valence-corrected chi connectivity index (χ0v) is 10.7. The van der Waals surface area contributed by atoms with Gasteiger partial charge in [0.2, 0.25) is 5.91 Å². The maximum atomic E-state index is 11.8. The highest BCUT2D eigenvalue weighted by atomic mass is 35.5. The Kier molecular flexibility index (Phi) is 5.38. The predicted molar refractivity (Wildman–Crippen MR) is 69.1 cm³/mol. The molecule has 0 spiro atoms. The molecule has 0 bridgehead atoms. The number of nitrogens with one attached hydrogen (secondary N) is 2. The number of rotatable bonds is 3. The summed E-state index contributed by atoms with van der Waals surface area (Å²) in [6.45, 7) is 2.92. The number of aromatic nitrogens is 1. The third kappa shape index (κ3) is 3.68. The van der Waals surface area contributed by atoms with E-state index >= 15 is 0 Å². The molecule has 1 aromatic heterocycles. The van der Waals surface area contributed by atoms with E-state index in [-0.39, 0.29) is 30.4 Å². The molecule has 1 saturated heterocycles. The first-order chi connectivity index (χ1) is 7.77. The highest BCUT2D eigenvalue weighted by Gasteiger charge is 2.23. The summed E-state index contributed by atoms with van der Waals surface area (Å²) in [5, 5.41) is 6.18. The summed E-state index contributed by atoms with van der Waals surface area (Å²) >= 11 is 0. The second-order valence-electron chi connectivity index (χ2n) is 4.17. The van der Waals surface area contributed by atoms with E-state index in [9.17, 15) is 4.79 Å². The van der Waals surface area contributed by atoms with Crippen molar-refractivity contribution in [2.24, 2.45) is 0 Å². The molecule has 17 heavy (non-hydrogen) atoms. The lowest BCUT2D eigenvalue weighted by Crippen LogP contribution is -2.41. The fraction of sp³-hybridized carbons (Fsp3) is 0.500. The Hall–Kier alpha value is -1.13. The zero-order chi connectivity index (χ0) is 11.4. The molecule has 94 valence electrons. The van der Waals surface area contributed by atoms with E-state index in [4.69, 9.17) is 0 Å². The lowest BCUT2D eigenvalue weighted by Gasteiger charge is -2.17. The van der Waals surface area contributed by atoms with Gasteiger partial charge in [0.05, 0.1) is 12.1 Å². The van der Waals surface area contributed by atoms with Gasteiger partial charge in [0, 0.05) is 12.4 Å². The van der Waals surface area contributed by atoms with Crippen molar-refractivity contribution >= 4 is 18.3 Å². The molecule has 1 fully saturated rings. The fourth-order valence-corrected chi connectivity index (χ4v) is 1.94. The standard InChI is InChI=1S/C12H17N3O.ClH/c1-9(10-4-2-6-13-8-10)15-12(16)11-5-3-7-14-11;/h2,4,6,8-9,11,14H,3,5,7H2,1H3,(H,15,16);1H/t9?,11-;/m0./s1. The highest BCUT2D eigenvalue weighted by Crippen LogP contribution is 2.12. The van der Waals surface area contributed by atoms with Gasteiger partial charge in [-0.2, -0.15) is 0 Å². The lowest BCUT2D eigenvalue weighted by atomic mass is 10.1. The summed E-state index contributed by atoms with van der Waals surface area (Å²) in [4.78, 5) is 15.9. The molecule has 0 saturated carbocycles. The first kappa shape index (κ1) is 13.9. The molecule has 1 aliphatic rings. The third-order valence-corrected chi connectivity index (χ3v) is 2.92. The van der Waals surface area contributed by atoms with Gasteiger partial charge >= 0.3 is 0 Å². The first-order valence-corrected chi connectivity index (χ1v) is 5.71. The summed E-state index contributed by atoms with van der Waals surface area (Å²) in [5.41, 5.74) is 1.04. The quantitative estimate of drug-likeness (QED) is 0.859. The van der Waals surface area contributed by atoms with Crippen LogP contribution in [0.2, 0.25) is 0 Å². The Bertz CT molecular complexity index is 352. The monoisotopic (exact) mass is 255 g/mol. The van der Waals surface area contributed by atoms with Crippen LogP contribution in [0.25, 0.3) is 0 Å². The molecule has 0 aliphatic carbocycles. The number of carbonyl (C=O) groups excluding carboxylic acids is 1. The largest absolute Gasteiger partial charge is 0.348 e. The van der Waals surface area contributed by atoms with E-state index in [1.807, 2.05) is 19.1 Å². The van der Waals surface area contributed by atoms with Crippen molar-refractivity contribution in [3.8, 4) is 0 Å². The maximum absolute atomic E-state index is 11.8. The second kappa shape index (κ2) is 6.57. The molecule has 4 nitrogen and oxygen atoms in total. The Morgan fingerprint density at radius 3 is 3.06 bits per heavy atom. The molecule has 1 aliphatic heterocycles. The first-order valence-electron chi connectivity index (χ1n) is 5.71. The predicted octanol–water partition coefficient (Wildman–Crippen LogP) is 1.43. The molecule has 5 heteroatoms. The van der Waals surface area contributed by atoms with E-state index in [0.717, 1.165) is 24.9 Å². The summed E-state index contributed by atoms with van der Waals surface area (Å²) in [6, 6.07) is 3.86. The van der Waals surface area contributed by atoms with Gasteiger partial charge in [-0.3, -0.25) is 9.78 Å². The molecule has 0 aromatic carbocycles. The van der Waals surface area contributed by atoms with Gasteiger partial charge in [-0.15, -0.1) is 12.4 Å². The molecule has 2 rings (SSSR count). The minimum Gasteiger partial charge on any atom is -0.348 e. The summed E-state index contributed by atoms with van der Waals surface area (Å²) in [5.74, 6) is 0.0915. The topological polar surface area (TPSA) is 54.0 Å². The second-order valence-corrected chi connectivity index (χ2v) is 4.17. The summed E-state index contributed by atoms with van der Waals surface area (Å²) in [7, 11) is 0. The van der Waals surface area contributed by atoms with Gasteiger partial charge in [0.25, 0.3) is 0 Å². The van der Waals surface area contributed by atoms with Crippen molar-refractivity contribution in [3.63, 3.8) is 0 Å². The Labute approximate surface area is 108 Å². The minimum atomic E-state index is -0.0147. The number of nitrogens with zero attached hydrogens (tertiary/aromatic N) is 1. The summed E-state index contributed by atoms with van der Waals surface area (Å²) < 4.78 is 0. The molecular weight excluding hydrogens is 238 g/mol. The molecule has 0 radical (unpaired) electrons.